The van der Waals surface area contributed by atoms with Gasteiger partial charge in [-0.05, 0) is 47.9 Å². The molecule has 29 heavy (non-hydrogen) atoms. The van der Waals surface area contributed by atoms with E-state index in [2.05, 4.69) is 5.32 Å². The van der Waals surface area contributed by atoms with Gasteiger partial charge in [0.05, 0.1) is 11.3 Å². The molecule has 0 spiro atoms. The fourth-order valence-electron chi connectivity index (χ4n) is 3.35. The van der Waals surface area contributed by atoms with E-state index in [4.69, 9.17) is 9.40 Å². The van der Waals surface area contributed by atoms with Gasteiger partial charge in [0.2, 0.25) is 5.89 Å². The van der Waals surface area contributed by atoms with Crippen LogP contribution in [0.5, 0.6) is 0 Å². The Labute approximate surface area is 165 Å². The van der Waals surface area contributed by atoms with Crippen LogP contribution >= 0.6 is 0 Å². The number of aromatic nitrogens is 1. The van der Waals surface area contributed by atoms with E-state index in [0.29, 0.717) is 28.3 Å². The fraction of sp³-hybridized carbons (Fsp3) is 0. The van der Waals surface area contributed by atoms with Crippen molar-refractivity contribution in [1.82, 2.24) is 4.98 Å². The fourth-order valence-corrected chi connectivity index (χ4v) is 3.35. The van der Waals surface area contributed by atoms with Crippen molar-refractivity contribution in [2.24, 2.45) is 0 Å². The zero-order chi connectivity index (χ0) is 19.8. The maximum Gasteiger partial charge on any atom is 0.255 e. The molecule has 0 aliphatic carbocycles. The van der Waals surface area contributed by atoms with Gasteiger partial charge in [-0.2, -0.15) is 0 Å². The van der Waals surface area contributed by atoms with Crippen LogP contribution in [-0.4, -0.2) is 10.9 Å². The Hall–Kier alpha value is -3.99. The van der Waals surface area contributed by atoms with Crippen molar-refractivity contribution in [3.63, 3.8) is 0 Å². The molecule has 1 aromatic heterocycles. The highest BCUT2D eigenvalue weighted by atomic mass is 19.1. The third-order valence-corrected chi connectivity index (χ3v) is 4.80. The first kappa shape index (κ1) is 17.1. The zero-order valence-electron chi connectivity index (χ0n) is 15.2. The molecule has 1 heterocycles. The number of halogens is 1. The molecule has 0 saturated heterocycles. The molecular formula is C24H15FN2O2. The van der Waals surface area contributed by atoms with Gasteiger partial charge in [0, 0.05) is 10.9 Å². The molecule has 0 bridgehead atoms. The van der Waals surface area contributed by atoms with Crippen molar-refractivity contribution in [3.8, 4) is 11.5 Å². The number of fused-ring (bicyclic) bond motifs is 3. The first-order valence-corrected chi connectivity index (χ1v) is 9.14. The van der Waals surface area contributed by atoms with Gasteiger partial charge in [-0.3, -0.25) is 4.79 Å². The normalized spacial score (nSPS) is 11.1. The minimum Gasteiger partial charge on any atom is -0.436 e. The van der Waals surface area contributed by atoms with Gasteiger partial charge in [0.25, 0.3) is 5.91 Å². The van der Waals surface area contributed by atoms with Gasteiger partial charge in [0.15, 0.2) is 5.58 Å². The van der Waals surface area contributed by atoms with Gasteiger partial charge in [-0.1, -0.05) is 42.5 Å². The van der Waals surface area contributed by atoms with Crippen LogP contribution in [0.2, 0.25) is 0 Å². The monoisotopic (exact) mass is 382 g/mol. The lowest BCUT2D eigenvalue weighted by Crippen LogP contribution is -2.12. The van der Waals surface area contributed by atoms with E-state index < -0.39 is 0 Å². The number of hydrogen-bond acceptors (Lipinski definition) is 3. The van der Waals surface area contributed by atoms with E-state index in [0.717, 1.165) is 16.3 Å². The number of anilines is 1. The molecule has 4 nitrogen and oxygen atoms in total. The lowest BCUT2D eigenvalue weighted by Gasteiger charge is -2.08. The molecule has 4 aromatic carbocycles. The lowest BCUT2D eigenvalue weighted by atomic mass is 10.1. The van der Waals surface area contributed by atoms with Crippen LogP contribution in [0, 0.1) is 5.82 Å². The van der Waals surface area contributed by atoms with Crippen LogP contribution in [-0.2, 0) is 0 Å². The number of oxazole rings is 1. The molecular weight excluding hydrogens is 367 g/mol. The van der Waals surface area contributed by atoms with Crippen LogP contribution in [0.25, 0.3) is 33.3 Å². The number of carbonyl (C=O) groups is 1. The Morgan fingerprint density at radius 3 is 2.48 bits per heavy atom. The summed E-state index contributed by atoms with van der Waals surface area (Å²) < 4.78 is 19.1. The Morgan fingerprint density at radius 1 is 0.862 bits per heavy atom. The second kappa shape index (κ2) is 6.87. The van der Waals surface area contributed by atoms with E-state index in [1.54, 1.807) is 6.07 Å². The molecule has 0 saturated carbocycles. The minimum atomic E-state index is -0.388. The van der Waals surface area contributed by atoms with Gasteiger partial charge < -0.3 is 9.73 Å². The van der Waals surface area contributed by atoms with Crippen molar-refractivity contribution in [3.05, 3.63) is 96.3 Å². The molecule has 0 aliphatic rings. The molecule has 0 fully saturated rings. The number of para-hydroxylation sites is 1. The maximum atomic E-state index is 13.1. The Bertz CT molecular complexity index is 1360. The van der Waals surface area contributed by atoms with Gasteiger partial charge in [-0.15, -0.1) is 0 Å². The van der Waals surface area contributed by atoms with Crippen molar-refractivity contribution in [1.29, 1.82) is 0 Å². The average molecular weight is 382 g/mol. The molecule has 0 aliphatic heterocycles. The average Bonchev–Trinajstić information content (AvgIpc) is 3.19. The van der Waals surface area contributed by atoms with Crippen LogP contribution in [0.15, 0.2) is 89.3 Å². The van der Waals surface area contributed by atoms with E-state index in [-0.39, 0.29) is 11.7 Å². The molecule has 0 atom stereocenters. The second-order valence-electron chi connectivity index (χ2n) is 6.66. The number of amides is 1. The molecule has 5 rings (SSSR count). The molecule has 1 amide bonds. The van der Waals surface area contributed by atoms with E-state index in [1.165, 1.54) is 24.3 Å². The molecule has 5 aromatic rings. The van der Waals surface area contributed by atoms with Crippen LogP contribution in [0.1, 0.15) is 10.4 Å². The highest BCUT2D eigenvalue weighted by Crippen LogP contribution is 2.33. The predicted molar refractivity (Wildman–Crippen MR) is 111 cm³/mol. The molecule has 0 unspecified atom stereocenters. The van der Waals surface area contributed by atoms with Gasteiger partial charge >= 0.3 is 0 Å². The number of nitrogens with zero attached hydrogens (tertiary/aromatic N) is 1. The highest BCUT2D eigenvalue weighted by Gasteiger charge is 2.16. The summed E-state index contributed by atoms with van der Waals surface area (Å²) in [6.07, 6.45) is 0. The summed E-state index contributed by atoms with van der Waals surface area (Å²) in [5.41, 5.74) is 3.06. The molecule has 0 radical (unpaired) electrons. The summed E-state index contributed by atoms with van der Waals surface area (Å²) in [6.45, 7) is 0. The van der Waals surface area contributed by atoms with Crippen molar-refractivity contribution in [2.45, 2.75) is 0 Å². The molecule has 1 N–H and O–H groups in total. The van der Waals surface area contributed by atoms with Crippen molar-refractivity contribution < 1.29 is 13.6 Å². The van der Waals surface area contributed by atoms with Crippen molar-refractivity contribution >= 4 is 33.5 Å². The third kappa shape index (κ3) is 3.12. The Morgan fingerprint density at radius 2 is 1.62 bits per heavy atom. The van der Waals surface area contributed by atoms with Gasteiger partial charge in [0.1, 0.15) is 11.3 Å². The number of rotatable bonds is 3. The number of carbonyl (C=O) groups excluding carboxylic acids is 1. The first-order chi connectivity index (χ1) is 14.2. The lowest BCUT2D eigenvalue weighted by molar-refractivity contribution is 0.102. The van der Waals surface area contributed by atoms with Crippen LogP contribution in [0.4, 0.5) is 10.1 Å². The predicted octanol–water partition coefficient (Wildman–Crippen LogP) is 6.04. The number of benzene rings is 4. The summed E-state index contributed by atoms with van der Waals surface area (Å²) in [7, 11) is 0. The number of hydrogen-bond donors (Lipinski definition) is 1. The Balaban J connectivity index is 1.56. The quantitative estimate of drug-likeness (QED) is 0.414. The minimum absolute atomic E-state index is 0.334. The molecule has 140 valence electrons. The molecule has 5 heteroatoms. The summed E-state index contributed by atoms with van der Waals surface area (Å²) in [5.74, 6) is -0.300. The SMILES string of the molecule is O=C(Nc1ccccc1-c1nc2c(ccc3ccccc32)o1)c1ccc(F)cc1. The summed E-state index contributed by atoms with van der Waals surface area (Å²) >= 11 is 0. The van der Waals surface area contributed by atoms with E-state index in [1.807, 2.05) is 54.6 Å². The topological polar surface area (TPSA) is 55.1 Å². The van der Waals surface area contributed by atoms with Crippen LogP contribution < -0.4 is 5.32 Å². The standard InChI is InChI=1S/C24H15FN2O2/c25-17-12-9-16(10-13-17)23(28)26-20-8-4-3-7-19(20)24-27-22-18-6-2-1-5-15(18)11-14-21(22)29-24/h1-14H,(H,26,28). The third-order valence-electron chi connectivity index (χ3n) is 4.80. The number of nitrogens with one attached hydrogen (secondary N) is 1. The summed E-state index contributed by atoms with van der Waals surface area (Å²) in [4.78, 5) is 17.3. The summed E-state index contributed by atoms with van der Waals surface area (Å²) in [6, 6.07) is 24.6. The van der Waals surface area contributed by atoms with Crippen molar-refractivity contribution in [2.75, 3.05) is 5.32 Å². The highest BCUT2D eigenvalue weighted by molar-refractivity contribution is 6.07. The largest absolute Gasteiger partial charge is 0.436 e. The van der Waals surface area contributed by atoms with E-state index in [9.17, 15) is 9.18 Å². The first-order valence-electron chi connectivity index (χ1n) is 9.14. The van der Waals surface area contributed by atoms with E-state index >= 15 is 0 Å². The van der Waals surface area contributed by atoms with Gasteiger partial charge in [-0.25, -0.2) is 9.37 Å². The smallest absolute Gasteiger partial charge is 0.255 e. The zero-order valence-corrected chi connectivity index (χ0v) is 15.2. The summed E-state index contributed by atoms with van der Waals surface area (Å²) in [5, 5.41) is 4.95. The van der Waals surface area contributed by atoms with Crippen LogP contribution in [0.3, 0.4) is 0 Å². The Kier molecular flexibility index (Phi) is 4.06. The second-order valence-corrected chi connectivity index (χ2v) is 6.66. The maximum absolute atomic E-state index is 13.1.